The van der Waals surface area contributed by atoms with Crippen LogP contribution < -0.4 is 27.4 Å². The molecule has 0 fully saturated rings. The van der Waals surface area contributed by atoms with Crippen molar-refractivity contribution in [3.05, 3.63) is 95.6 Å². The lowest BCUT2D eigenvalue weighted by atomic mass is 10.1. The highest BCUT2D eigenvalue weighted by Gasteiger charge is 2.17. The molecular weight excluding hydrogens is 454 g/mol. The first-order valence-corrected chi connectivity index (χ1v) is 12.0. The Hall–Kier alpha value is -4.01. The van der Waals surface area contributed by atoms with E-state index in [1.165, 1.54) is 5.56 Å². The normalized spacial score (nSPS) is 11.4. The third-order valence-corrected chi connectivity index (χ3v) is 5.52. The van der Waals surface area contributed by atoms with Gasteiger partial charge in [-0.1, -0.05) is 60.7 Å². The molecule has 0 unspecified atom stereocenters. The number of hydrogen-bond acceptors (Lipinski definition) is 5. The summed E-state index contributed by atoms with van der Waals surface area (Å²) in [6, 6.07) is 23.5. The number of carbonyl (C=O) groups is 3. The molecule has 0 aliphatic heterocycles. The fraction of sp³-hybridized carbons (Fsp3) is 0.250. The Labute approximate surface area is 211 Å². The average Bonchev–Trinajstić information content (AvgIpc) is 2.87. The van der Waals surface area contributed by atoms with Gasteiger partial charge in [-0.25, -0.2) is 0 Å². The number of aryl methyl sites for hydroxylation is 1. The zero-order valence-corrected chi connectivity index (χ0v) is 20.2. The lowest BCUT2D eigenvalue weighted by Gasteiger charge is -2.15. The van der Waals surface area contributed by atoms with Crippen molar-refractivity contribution < 1.29 is 14.4 Å². The van der Waals surface area contributed by atoms with Crippen LogP contribution in [0.25, 0.3) is 0 Å². The zero-order chi connectivity index (χ0) is 25.8. The van der Waals surface area contributed by atoms with Gasteiger partial charge in [0.2, 0.25) is 11.8 Å². The van der Waals surface area contributed by atoms with Crippen LogP contribution in [0.3, 0.4) is 0 Å². The number of hydrogen-bond donors (Lipinski definition) is 5. The monoisotopic (exact) mass is 487 g/mol. The minimum atomic E-state index is -0.779. The van der Waals surface area contributed by atoms with E-state index in [0.717, 1.165) is 18.4 Å². The predicted molar refractivity (Wildman–Crippen MR) is 143 cm³/mol. The summed E-state index contributed by atoms with van der Waals surface area (Å²) in [6.07, 6.45) is 2.13. The second-order valence-electron chi connectivity index (χ2n) is 8.52. The van der Waals surface area contributed by atoms with E-state index in [2.05, 4.69) is 16.0 Å². The minimum Gasteiger partial charge on any atom is -0.352 e. The third kappa shape index (κ3) is 8.65. The first kappa shape index (κ1) is 26.6. The number of anilines is 2. The van der Waals surface area contributed by atoms with E-state index in [4.69, 9.17) is 11.5 Å². The van der Waals surface area contributed by atoms with Crippen molar-refractivity contribution in [3.63, 3.8) is 0 Å². The molecule has 0 aromatic heterocycles. The molecule has 7 N–H and O–H groups in total. The lowest BCUT2D eigenvalue weighted by Crippen LogP contribution is -2.37. The van der Waals surface area contributed by atoms with Crippen LogP contribution in [0.2, 0.25) is 0 Å². The van der Waals surface area contributed by atoms with Crippen molar-refractivity contribution in [2.24, 2.45) is 11.5 Å². The van der Waals surface area contributed by atoms with Crippen molar-refractivity contribution in [2.75, 3.05) is 23.7 Å². The largest absolute Gasteiger partial charge is 0.352 e. The Morgan fingerprint density at radius 1 is 0.806 bits per heavy atom. The summed E-state index contributed by atoms with van der Waals surface area (Å²) in [4.78, 5) is 37.7. The summed E-state index contributed by atoms with van der Waals surface area (Å²) in [7, 11) is 0. The Morgan fingerprint density at radius 2 is 1.42 bits per heavy atom. The number of benzene rings is 3. The van der Waals surface area contributed by atoms with Gasteiger partial charge < -0.3 is 27.4 Å². The summed E-state index contributed by atoms with van der Waals surface area (Å²) >= 11 is 0. The molecule has 8 nitrogen and oxygen atoms in total. The van der Waals surface area contributed by atoms with Crippen LogP contribution in [0, 0.1) is 0 Å². The molecule has 1 atom stereocenters. The molecule has 3 aromatic rings. The highest BCUT2D eigenvalue weighted by atomic mass is 16.2. The second kappa shape index (κ2) is 13.8. The maximum Gasteiger partial charge on any atom is 0.251 e. The highest BCUT2D eigenvalue weighted by Crippen LogP contribution is 2.20. The molecule has 0 spiro atoms. The summed E-state index contributed by atoms with van der Waals surface area (Å²) in [5.41, 5.74) is 14.8. The number of nitrogens with two attached hydrogens (primary N) is 2. The van der Waals surface area contributed by atoms with Gasteiger partial charge in [0.1, 0.15) is 0 Å². The first-order chi connectivity index (χ1) is 17.4. The smallest absolute Gasteiger partial charge is 0.251 e. The molecule has 8 heteroatoms. The van der Waals surface area contributed by atoms with Crippen LogP contribution in [-0.4, -0.2) is 36.9 Å². The van der Waals surface area contributed by atoms with Crippen LogP contribution in [0.4, 0.5) is 11.4 Å². The fourth-order valence-corrected chi connectivity index (χ4v) is 3.69. The van der Waals surface area contributed by atoms with Gasteiger partial charge in [0.05, 0.1) is 6.04 Å². The van der Waals surface area contributed by atoms with Gasteiger partial charge in [0.15, 0.2) is 0 Å². The predicted octanol–water partition coefficient (Wildman–Crippen LogP) is 2.85. The fourth-order valence-electron chi connectivity index (χ4n) is 3.69. The molecule has 0 bridgehead atoms. The Morgan fingerprint density at radius 3 is 2.06 bits per heavy atom. The molecule has 3 amide bonds. The van der Waals surface area contributed by atoms with Gasteiger partial charge in [-0.05, 0) is 48.6 Å². The zero-order valence-electron chi connectivity index (χ0n) is 20.2. The number of nitrogens with one attached hydrogen (secondary N) is 3. The third-order valence-electron chi connectivity index (χ3n) is 5.52. The number of carbonyl (C=O) groups excluding carboxylic acids is 3. The SMILES string of the molecule is NCCC(=O)Nc1cc(NC(=O)[C@@H](N)Cc2ccccc2)cc(C(=O)NCCCc2ccccc2)c1. The van der Waals surface area contributed by atoms with Gasteiger partial charge in [-0.15, -0.1) is 0 Å². The quantitative estimate of drug-likeness (QED) is 0.250. The second-order valence-corrected chi connectivity index (χ2v) is 8.52. The Balaban J connectivity index is 1.67. The maximum absolute atomic E-state index is 12.9. The molecule has 3 rings (SSSR count). The topological polar surface area (TPSA) is 139 Å². The molecular formula is C28H33N5O3. The van der Waals surface area contributed by atoms with Crippen molar-refractivity contribution in [3.8, 4) is 0 Å². The lowest BCUT2D eigenvalue weighted by molar-refractivity contribution is -0.117. The van der Waals surface area contributed by atoms with Crippen molar-refractivity contribution >= 4 is 29.1 Å². The Bertz CT molecular complexity index is 1150. The van der Waals surface area contributed by atoms with Crippen LogP contribution in [0.5, 0.6) is 0 Å². The van der Waals surface area contributed by atoms with Crippen molar-refractivity contribution in [1.29, 1.82) is 0 Å². The molecule has 0 heterocycles. The molecule has 0 radical (unpaired) electrons. The number of amides is 3. The summed E-state index contributed by atoms with van der Waals surface area (Å²) < 4.78 is 0. The van der Waals surface area contributed by atoms with Crippen molar-refractivity contribution in [1.82, 2.24) is 5.32 Å². The molecule has 36 heavy (non-hydrogen) atoms. The van der Waals surface area contributed by atoms with E-state index in [1.807, 2.05) is 60.7 Å². The van der Waals surface area contributed by atoms with Crippen LogP contribution in [0.15, 0.2) is 78.9 Å². The van der Waals surface area contributed by atoms with Crippen LogP contribution in [0.1, 0.15) is 34.3 Å². The summed E-state index contributed by atoms with van der Waals surface area (Å²) in [5.74, 6) is -0.975. The summed E-state index contributed by atoms with van der Waals surface area (Å²) in [6.45, 7) is 0.687. The van der Waals surface area contributed by atoms with Gasteiger partial charge in [0, 0.05) is 36.4 Å². The molecule has 188 valence electrons. The molecule has 0 saturated carbocycles. The van der Waals surface area contributed by atoms with E-state index in [-0.39, 0.29) is 24.8 Å². The van der Waals surface area contributed by atoms with E-state index >= 15 is 0 Å². The van der Waals surface area contributed by atoms with Gasteiger partial charge in [-0.2, -0.15) is 0 Å². The average molecular weight is 488 g/mol. The van der Waals surface area contributed by atoms with E-state index in [1.54, 1.807) is 18.2 Å². The molecule has 3 aromatic carbocycles. The first-order valence-electron chi connectivity index (χ1n) is 12.0. The number of rotatable bonds is 12. The Kier molecular flexibility index (Phi) is 10.2. The van der Waals surface area contributed by atoms with Gasteiger partial charge in [-0.3, -0.25) is 14.4 Å². The molecule has 0 aliphatic rings. The van der Waals surface area contributed by atoms with E-state index in [0.29, 0.717) is 29.9 Å². The van der Waals surface area contributed by atoms with Gasteiger partial charge in [0.25, 0.3) is 5.91 Å². The highest BCUT2D eigenvalue weighted by molar-refractivity contribution is 6.01. The van der Waals surface area contributed by atoms with Crippen molar-refractivity contribution in [2.45, 2.75) is 31.7 Å². The molecule has 0 aliphatic carbocycles. The van der Waals surface area contributed by atoms with Crippen LogP contribution in [-0.2, 0) is 22.4 Å². The molecule has 0 saturated heterocycles. The maximum atomic E-state index is 12.9. The van der Waals surface area contributed by atoms with Crippen LogP contribution >= 0.6 is 0 Å². The standard InChI is InChI=1S/C28H33N5O3/c29-14-13-26(34)32-23-17-22(27(35)31-15-7-12-20-8-3-1-4-9-20)18-24(19-23)33-28(36)25(30)16-21-10-5-2-6-11-21/h1-6,8-11,17-19,25H,7,12-16,29-30H2,(H,31,35)(H,32,34)(H,33,36)/t25-/m0/s1. The van der Waals surface area contributed by atoms with E-state index in [9.17, 15) is 14.4 Å². The minimum absolute atomic E-state index is 0.138. The van der Waals surface area contributed by atoms with Gasteiger partial charge >= 0.3 is 0 Å². The summed E-state index contributed by atoms with van der Waals surface area (Å²) in [5, 5.41) is 8.40. The van der Waals surface area contributed by atoms with E-state index < -0.39 is 11.9 Å².